The number of hydrogen-bond acceptors (Lipinski definition) is 3. The maximum absolute atomic E-state index is 13.1. The second kappa shape index (κ2) is 4.60. The predicted octanol–water partition coefficient (Wildman–Crippen LogP) is 2.60. The third-order valence-electron chi connectivity index (χ3n) is 1.95. The van der Waals surface area contributed by atoms with Gasteiger partial charge in [0.15, 0.2) is 0 Å². The molecule has 0 unspecified atom stereocenters. The van der Waals surface area contributed by atoms with E-state index in [1.165, 1.54) is 6.92 Å². The third kappa shape index (κ3) is 2.86. The fourth-order valence-electron chi connectivity index (χ4n) is 1.16. The number of benzene rings is 1. The predicted molar refractivity (Wildman–Crippen MR) is 51.8 cm³/mol. The fourth-order valence-corrected chi connectivity index (χ4v) is 1.16. The zero-order valence-electron chi connectivity index (χ0n) is 8.77. The van der Waals surface area contributed by atoms with Gasteiger partial charge in [0, 0.05) is 0 Å². The van der Waals surface area contributed by atoms with Crippen LogP contribution in [0.15, 0.2) is 12.1 Å². The molecule has 0 radical (unpaired) electrons. The monoisotopic (exact) mass is 251 g/mol. The highest BCUT2D eigenvalue weighted by Gasteiger charge is 2.33. The van der Waals surface area contributed by atoms with Gasteiger partial charge in [-0.3, -0.25) is 0 Å². The summed E-state index contributed by atoms with van der Waals surface area (Å²) in [5, 5.41) is 0. The van der Waals surface area contributed by atoms with Crippen LogP contribution in [0, 0.1) is 5.82 Å². The molecule has 0 fully saturated rings. The van der Waals surface area contributed by atoms with Gasteiger partial charge in [-0.25, -0.2) is 9.18 Å². The zero-order chi connectivity index (χ0) is 13.2. The maximum atomic E-state index is 13.1. The van der Waals surface area contributed by atoms with Gasteiger partial charge in [0.25, 0.3) is 0 Å². The van der Waals surface area contributed by atoms with Crippen molar-refractivity contribution in [1.82, 2.24) is 0 Å². The molecular weight excluding hydrogens is 242 g/mol. The molecule has 0 aliphatic rings. The van der Waals surface area contributed by atoms with Crippen molar-refractivity contribution in [3.8, 4) is 0 Å². The number of carbonyl (C=O) groups is 1. The third-order valence-corrected chi connectivity index (χ3v) is 1.95. The second-order valence-corrected chi connectivity index (χ2v) is 3.14. The summed E-state index contributed by atoms with van der Waals surface area (Å²) in [5.41, 5.74) is 2.62. The van der Waals surface area contributed by atoms with E-state index in [2.05, 4.69) is 4.74 Å². The number of nitrogen functional groups attached to an aromatic ring is 1. The van der Waals surface area contributed by atoms with Gasteiger partial charge in [0.2, 0.25) is 0 Å². The molecule has 2 N–H and O–H groups in total. The molecule has 0 aromatic heterocycles. The molecule has 0 amide bonds. The largest absolute Gasteiger partial charge is 0.462 e. The van der Waals surface area contributed by atoms with Crippen molar-refractivity contribution >= 4 is 11.7 Å². The highest BCUT2D eigenvalue weighted by atomic mass is 19.4. The minimum absolute atomic E-state index is 0.0455. The minimum atomic E-state index is -4.75. The number of hydrogen-bond donors (Lipinski definition) is 1. The summed E-state index contributed by atoms with van der Waals surface area (Å²) < 4.78 is 54.7. The lowest BCUT2D eigenvalue weighted by atomic mass is 10.1. The van der Waals surface area contributed by atoms with E-state index in [-0.39, 0.29) is 12.7 Å². The Morgan fingerprint density at radius 1 is 1.41 bits per heavy atom. The van der Waals surface area contributed by atoms with E-state index >= 15 is 0 Å². The molecule has 0 saturated heterocycles. The van der Waals surface area contributed by atoms with Gasteiger partial charge >= 0.3 is 12.1 Å². The van der Waals surface area contributed by atoms with Crippen LogP contribution in [0.25, 0.3) is 0 Å². The number of alkyl halides is 3. The Kier molecular flexibility index (Phi) is 3.59. The summed E-state index contributed by atoms with van der Waals surface area (Å²) in [6.45, 7) is 1.42. The molecule has 7 heteroatoms. The van der Waals surface area contributed by atoms with Crippen molar-refractivity contribution in [3.63, 3.8) is 0 Å². The lowest BCUT2D eigenvalue weighted by Gasteiger charge is -2.11. The summed E-state index contributed by atoms with van der Waals surface area (Å²) in [5.74, 6) is -2.39. The van der Waals surface area contributed by atoms with Crippen LogP contribution < -0.4 is 5.73 Å². The zero-order valence-corrected chi connectivity index (χ0v) is 8.77. The van der Waals surface area contributed by atoms with Gasteiger partial charge in [0.1, 0.15) is 5.82 Å². The standard InChI is InChI=1S/C10H9F4NO2/c1-2-17-9(16)6-3-5(10(12,13)14)4-7(11)8(6)15/h3-4H,2,15H2,1H3. The van der Waals surface area contributed by atoms with E-state index < -0.39 is 34.8 Å². The van der Waals surface area contributed by atoms with Gasteiger partial charge < -0.3 is 10.5 Å². The van der Waals surface area contributed by atoms with Crippen LogP contribution in [0.3, 0.4) is 0 Å². The van der Waals surface area contributed by atoms with E-state index in [1.54, 1.807) is 0 Å². The molecule has 1 aromatic rings. The topological polar surface area (TPSA) is 52.3 Å². The SMILES string of the molecule is CCOC(=O)c1cc(C(F)(F)F)cc(F)c1N. The molecule has 1 aromatic carbocycles. The van der Waals surface area contributed by atoms with Crippen molar-refractivity contribution in [2.24, 2.45) is 0 Å². The summed E-state index contributed by atoms with van der Waals surface area (Å²) in [7, 11) is 0. The number of esters is 1. The fraction of sp³-hybridized carbons (Fsp3) is 0.300. The van der Waals surface area contributed by atoms with E-state index in [1.807, 2.05) is 0 Å². The number of rotatable bonds is 2. The Bertz CT molecular complexity index is 443. The minimum Gasteiger partial charge on any atom is -0.462 e. The molecule has 0 bridgehead atoms. The normalized spacial score (nSPS) is 11.4. The molecule has 0 atom stereocenters. The molecule has 0 aliphatic carbocycles. The second-order valence-electron chi connectivity index (χ2n) is 3.14. The Balaban J connectivity index is 3.30. The van der Waals surface area contributed by atoms with Crippen molar-refractivity contribution < 1.29 is 27.1 Å². The molecule has 3 nitrogen and oxygen atoms in total. The van der Waals surface area contributed by atoms with E-state index in [0.717, 1.165) is 0 Å². The number of anilines is 1. The molecule has 0 heterocycles. The lowest BCUT2D eigenvalue weighted by Crippen LogP contribution is -2.13. The van der Waals surface area contributed by atoms with E-state index in [9.17, 15) is 22.4 Å². The molecule has 0 saturated carbocycles. The first kappa shape index (κ1) is 13.3. The van der Waals surface area contributed by atoms with Crippen molar-refractivity contribution in [2.45, 2.75) is 13.1 Å². The lowest BCUT2D eigenvalue weighted by molar-refractivity contribution is -0.137. The van der Waals surface area contributed by atoms with Crippen molar-refractivity contribution in [1.29, 1.82) is 0 Å². The van der Waals surface area contributed by atoms with Gasteiger partial charge in [-0.15, -0.1) is 0 Å². The summed E-state index contributed by atoms with van der Waals surface area (Å²) in [6, 6.07) is 0.703. The van der Waals surface area contributed by atoms with Crippen molar-refractivity contribution in [2.75, 3.05) is 12.3 Å². The van der Waals surface area contributed by atoms with Crippen molar-refractivity contribution in [3.05, 3.63) is 29.1 Å². The molecule has 17 heavy (non-hydrogen) atoms. The first-order valence-electron chi connectivity index (χ1n) is 4.60. The number of ether oxygens (including phenoxy) is 1. The molecule has 94 valence electrons. The van der Waals surface area contributed by atoms with E-state index in [0.29, 0.717) is 6.07 Å². The van der Waals surface area contributed by atoms with Crippen LogP contribution in [0.1, 0.15) is 22.8 Å². The van der Waals surface area contributed by atoms with Crippen LogP contribution in [-0.2, 0) is 10.9 Å². The summed E-state index contributed by atoms with van der Waals surface area (Å²) in [6.07, 6.45) is -4.75. The highest BCUT2D eigenvalue weighted by Crippen LogP contribution is 2.32. The molecule has 1 rings (SSSR count). The number of nitrogens with two attached hydrogens (primary N) is 1. The van der Waals surface area contributed by atoms with Crippen LogP contribution in [0.2, 0.25) is 0 Å². The molecule has 0 spiro atoms. The van der Waals surface area contributed by atoms with Gasteiger partial charge in [0.05, 0.1) is 23.4 Å². The average molecular weight is 251 g/mol. The number of carbonyl (C=O) groups excluding carboxylic acids is 1. The smallest absolute Gasteiger partial charge is 0.416 e. The van der Waals surface area contributed by atoms with Gasteiger partial charge in [-0.2, -0.15) is 13.2 Å². The maximum Gasteiger partial charge on any atom is 0.416 e. The first-order valence-corrected chi connectivity index (χ1v) is 4.60. The summed E-state index contributed by atoms with van der Waals surface area (Å²) >= 11 is 0. The van der Waals surface area contributed by atoms with Crippen LogP contribution in [0.5, 0.6) is 0 Å². The van der Waals surface area contributed by atoms with Crippen LogP contribution in [-0.4, -0.2) is 12.6 Å². The van der Waals surface area contributed by atoms with E-state index in [4.69, 9.17) is 5.73 Å². The summed E-state index contributed by atoms with van der Waals surface area (Å²) in [4.78, 5) is 11.3. The molecule has 0 aliphatic heterocycles. The molecular formula is C10H9F4NO2. The van der Waals surface area contributed by atoms with Gasteiger partial charge in [-0.05, 0) is 19.1 Å². The first-order chi connectivity index (χ1) is 7.77. The van der Waals surface area contributed by atoms with Crippen LogP contribution in [0.4, 0.5) is 23.2 Å². The number of halogens is 4. The quantitative estimate of drug-likeness (QED) is 0.499. The Morgan fingerprint density at radius 2 is 2.00 bits per heavy atom. The van der Waals surface area contributed by atoms with Gasteiger partial charge in [-0.1, -0.05) is 0 Å². The Morgan fingerprint density at radius 3 is 2.47 bits per heavy atom. The highest BCUT2D eigenvalue weighted by molar-refractivity contribution is 5.95. The Labute approximate surface area is 94.2 Å². The Hall–Kier alpha value is -1.79. The average Bonchev–Trinajstić information content (AvgIpc) is 2.20. The van der Waals surface area contributed by atoms with Crippen LogP contribution >= 0.6 is 0 Å².